The summed E-state index contributed by atoms with van der Waals surface area (Å²) in [7, 11) is 0. The molecule has 2 heterocycles. The summed E-state index contributed by atoms with van der Waals surface area (Å²) in [5.41, 5.74) is -0.254. The number of amides is 1. The molecule has 0 bridgehead atoms. The Labute approximate surface area is 143 Å². The van der Waals surface area contributed by atoms with Crippen LogP contribution in [0.5, 0.6) is 0 Å². The topological polar surface area (TPSA) is 50.2 Å². The Morgan fingerprint density at radius 1 is 1.28 bits per heavy atom. The maximum Gasteiger partial charge on any atom is 0.434 e. The van der Waals surface area contributed by atoms with Crippen molar-refractivity contribution in [1.29, 1.82) is 0 Å². The van der Waals surface area contributed by atoms with E-state index in [0.717, 1.165) is 16.4 Å². The maximum atomic E-state index is 13.7. The number of benzene rings is 1. The number of aryl methyl sites for hydroxylation is 1. The van der Waals surface area contributed by atoms with Crippen molar-refractivity contribution in [3.63, 3.8) is 0 Å². The SMILES string of the molecule is Cc1ccc(-n2ncc(C(=O)N3CCNC(C)C3)c2C(F)(F)F)cc1. The van der Waals surface area contributed by atoms with E-state index in [0.29, 0.717) is 19.6 Å². The Balaban J connectivity index is 2.02. The van der Waals surface area contributed by atoms with Crippen molar-refractivity contribution in [2.75, 3.05) is 19.6 Å². The van der Waals surface area contributed by atoms with Gasteiger partial charge in [0, 0.05) is 25.7 Å². The van der Waals surface area contributed by atoms with Crippen LogP contribution >= 0.6 is 0 Å². The Morgan fingerprint density at radius 3 is 2.56 bits per heavy atom. The molecule has 1 saturated heterocycles. The van der Waals surface area contributed by atoms with Crippen molar-refractivity contribution in [2.24, 2.45) is 0 Å². The Morgan fingerprint density at radius 2 is 1.96 bits per heavy atom. The summed E-state index contributed by atoms with van der Waals surface area (Å²) in [6.07, 6.45) is -3.68. The van der Waals surface area contributed by atoms with Crippen LogP contribution in [0.25, 0.3) is 5.69 Å². The quantitative estimate of drug-likeness (QED) is 0.904. The molecule has 1 aromatic heterocycles. The van der Waals surface area contributed by atoms with Crippen molar-refractivity contribution in [3.8, 4) is 5.69 Å². The van der Waals surface area contributed by atoms with Gasteiger partial charge in [-0.15, -0.1) is 0 Å². The number of hydrogen-bond donors (Lipinski definition) is 1. The predicted octanol–water partition coefficient (Wildman–Crippen LogP) is 2.63. The van der Waals surface area contributed by atoms with Crippen LogP contribution in [0.4, 0.5) is 13.2 Å². The summed E-state index contributed by atoms with van der Waals surface area (Å²) < 4.78 is 41.8. The molecule has 0 spiro atoms. The maximum absolute atomic E-state index is 13.7. The van der Waals surface area contributed by atoms with Gasteiger partial charge < -0.3 is 10.2 Å². The third kappa shape index (κ3) is 3.53. The third-order valence-electron chi connectivity index (χ3n) is 4.20. The molecule has 0 aliphatic carbocycles. The van der Waals surface area contributed by atoms with Gasteiger partial charge in [0.15, 0.2) is 5.69 Å². The highest BCUT2D eigenvalue weighted by Gasteiger charge is 2.41. The fraction of sp³-hybridized carbons (Fsp3) is 0.412. The lowest BCUT2D eigenvalue weighted by molar-refractivity contribution is -0.143. The van der Waals surface area contributed by atoms with Gasteiger partial charge in [-0.3, -0.25) is 4.79 Å². The number of nitrogens with one attached hydrogen (secondary N) is 1. The molecule has 2 aromatic rings. The van der Waals surface area contributed by atoms with Gasteiger partial charge in [-0.25, -0.2) is 4.68 Å². The first-order chi connectivity index (χ1) is 11.8. The number of hydrogen-bond acceptors (Lipinski definition) is 3. The average molecular weight is 352 g/mol. The number of rotatable bonds is 2. The number of halogens is 3. The molecule has 1 N–H and O–H groups in total. The van der Waals surface area contributed by atoms with Crippen LogP contribution in [0.3, 0.4) is 0 Å². The lowest BCUT2D eigenvalue weighted by Crippen LogP contribution is -2.51. The Hall–Kier alpha value is -2.35. The molecule has 134 valence electrons. The van der Waals surface area contributed by atoms with Crippen LogP contribution in [-0.4, -0.2) is 46.3 Å². The molecule has 0 saturated carbocycles. The van der Waals surface area contributed by atoms with Crippen molar-refractivity contribution in [1.82, 2.24) is 20.0 Å². The minimum absolute atomic E-state index is 0.0409. The fourth-order valence-electron chi connectivity index (χ4n) is 2.95. The number of carbonyl (C=O) groups is 1. The van der Waals surface area contributed by atoms with Crippen molar-refractivity contribution in [2.45, 2.75) is 26.1 Å². The number of nitrogens with zero attached hydrogens (tertiary/aromatic N) is 3. The molecule has 25 heavy (non-hydrogen) atoms. The standard InChI is InChI=1S/C17H19F3N4O/c1-11-3-5-13(6-4-11)24-15(17(18,19)20)14(9-22-24)16(25)23-8-7-21-12(2)10-23/h3-6,9,12,21H,7-8,10H2,1-2H3. The zero-order chi connectivity index (χ0) is 18.2. The molecular formula is C17H19F3N4O. The minimum atomic E-state index is -4.69. The molecular weight excluding hydrogens is 333 g/mol. The third-order valence-corrected chi connectivity index (χ3v) is 4.20. The van der Waals surface area contributed by atoms with E-state index < -0.39 is 23.3 Å². The average Bonchev–Trinajstić information content (AvgIpc) is 3.00. The van der Waals surface area contributed by atoms with Gasteiger partial charge in [0.05, 0.1) is 17.4 Å². The lowest BCUT2D eigenvalue weighted by atomic mass is 10.1. The highest BCUT2D eigenvalue weighted by Crippen LogP contribution is 2.34. The molecule has 1 amide bonds. The van der Waals surface area contributed by atoms with E-state index in [1.165, 1.54) is 4.90 Å². The van der Waals surface area contributed by atoms with Crippen LogP contribution in [0.15, 0.2) is 30.5 Å². The van der Waals surface area contributed by atoms with Crippen molar-refractivity contribution >= 4 is 5.91 Å². The second-order valence-corrected chi connectivity index (χ2v) is 6.26. The summed E-state index contributed by atoms with van der Waals surface area (Å²) in [4.78, 5) is 14.1. The van der Waals surface area contributed by atoms with E-state index in [-0.39, 0.29) is 11.7 Å². The summed E-state index contributed by atoms with van der Waals surface area (Å²) in [5, 5.41) is 7.01. The first-order valence-corrected chi connectivity index (χ1v) is 8.02. The van der Waals surface area contributed by atoms with E-state index >= 15 is 0 Å². The van der Waals surface area contributed by atoms with Crippen LogP contribution in [0.2, 0.25) is 0 Å². The van der Waals surface area contributed by atoms with Gasteiger partial charge >= 0.3 is 6.18 Å². The van der Waals surface area contributed by atoms with Gasteiger partial charge in [-0.1, -0.05) is 17.7 Å². The van der Waals surface area contributed by atoms with Crippen molar-refractivity contribution in [3.05, 3.63) is 47.3 Å². The van der Waals surface area contributed by atoms with Gasteiger partial charge in [-0.05, 0) is 26.0 Å². The Kier molecular flexibility index (Phi) is 4.55. The van der Waals surface area contributed by atoms with E-state index in [4.69, 9.17) is 0 Å². The second-order valence-electron chi connectivity index (χ2n) is 6.26. The molecule has 1 aliphatic heterocycles. The summed E-state index contributed by atoms with van der Waals surface area (Å²) in [6.45, 7) is 5.03. The number of aromatic nitrogens is 2. The predicted molar refractivity (Wildman–Crippen MR) is 86.7 cm³/mol. The number of piperazine rings is 1. The molecule has 8 heteroatoms. The fourth-order valence-corrected chi connectivity index (χ4v) is 2.95. The molecule has 1 fully saturated rings. The molecule has 1 atom stereocenters. The largest absolute Gasteiger partial charge is 0.434 e. The number of alkyl halides is 3. The summed E-state index contributed by atoms with van der Waals surface area (Å²) in [5.74, 6) is -0.640. The highest BCUT2D eigenvalue weighted by atomic mass is 19.4. The first-order valence-electron chi connectivity index (χ1n) is 8.02. The van der Waals surface area contributed by atoms with Gasteiger partial charge in [0.1, 0.15) is 0 Å². The van der Waals surface area contributed by atoms with Gasteiger partial charge in [0.25, 0.3) is 5.91 Å². The second kappa shape index (κ2) is 6.51. The highest BCUT2D eigenvalue weighted by molar-refractivity contribution is 5.95. The summed E-state index contributed by atoms with van der Waals surface area (Å²) >= 11 is 0. The van der Waals surface area contributed by atoms with E-state index in [1.54, 1.807) is 24.3 Å². The zero-order valence-corrected chi connectivity index (χ0v) is 14.0. The smallest absolute Gasteiger partial charge is 0.336 e. The van der Waals surface area contributed by atoms with Crippen LogP contribution in [0.1, 0.15) is 28.5 Å². The monoisotopic (exact) mass is 352 g/mol. The molecule has 1 unspecified atom stereocenters. The molecule has 5 nitrogen and oxygen atoms in total. The minimum Gasteiger partial charge on any atom is -0.336 e. The van der Waals surface area contributed by atoms with Crippen LogP contribution < -0.4 is 5.32 Å². The molecule has 3 rings (SSSR count). The zero-order valence-electron chi connectivity index (χ0n) is 14.0. The number of carbonyl (C=O) groups excluding carboxylic acids is 1. The molecule has 0 radical (unpaired) electrons. The van der Waals surface area contributed by atoms with E-state index in [9.17, 15) is 18.0 Å². The van der Waals surface area contributed by atoms with E-state index in [2.05, 4.69) is 10.4 Å². The first kappa shape index (κ1) is 17.5. The summed E-state index contributed by atoms with van der Waals surface area (Å²) in [6, 6.07) is 6.56. The van der Waals surface area contributed by atoms with Crippen LogP contribution in [-0.2, 0) is 6.18 Å². The van der Waals surface area contributed by atoms with Gasteiger partial charge in [-0.2, -0.15) is 18.3 Å². The molecule has 1 aliphatic rings. The van der Waals surface area contributed by atoms with Gasteiger partial charge in [0.2, 0.25) is 0 Å². The molecule has 1 aromatic carbocycles. The van der Waals surface area contributed by atoms with E-state index in [1.807, 2.05) is 13.8 Å². The Bertz CT molecular complexity index is 767. The van der Waals surface area contributed by atoms with Crippen molar-refractivity contribution < 1.29 is 18.0 Å². The van der Waals surface area contributed by atoms with Crippen LogP contribution in [0, 0.1) is 6.92 Å². The lowest BCUT2D eigenvalue weighted by Gasteiger charge is -2.32. The normalized spacial score (nSPS) is 18.4.